The number of hydrogen-bond acceptors (Lipinski definition) is 5. The van der Waals surface area contributed by atoms with E-state index in [1.807, 2.05) is 0 Å². The number of carbonyl (C=O) groups is 2. The molecular weight excluding hydrogens is 350 g/mol. The highest BCUT2D eigenvalue weighted by Crippen LogP contribution is 2.55. The van der Waals surface area contributed by atoms with Gasteiger partial charge in [0.2, 0.25) is 3.78 Å². The first-order chi connectivity index (χ1) is 8.01. The number of amides is 1. The molecule has 18 heavy (non-hydrogen) atoms. The predicted octanol–water partition coefficient (Wildman–Crippen LogP) is 0.233. The number of β-lactam (4-membered cyclic amide) rings is 1. The lowest BCUT2D eigenvalue weighted by Crippen LogP contribution is -2.69. The van der Waals surface area contributed by atoms with Crippen molar-refractivity contribution in [2.24, 2.45) is 0 Å². The van der Waals surface area contributed by atoms with E-state index in [9.17, 15) is 18.0 Å². The van der Waals surface area contributed by atoms with Crippen LogP contribution in [0.5, 0.6) is 0 Å². The van der Waals surface area contributed by atoms with Gasteiger partial charge in [0, 0.05) is 0 Å². The van der Waals surface area contributed by atoms with Gasteiger partial charge in [0.1, 0.15) is 10.8 Å². The Morgan fingerprint density at radius 2 is 2.00 bits per heavy atom. The molecule has 2 heterocycles. The molecule has 0 aliphatic carbocycles. The number of alkyl halides is 2. The number of fused-ring (bicyclic) bond motifs is 1. The minimum Gasteiger partial charge on any atom is -0.467 e. The fourth-order valence-corrected chi connectivity index (χ4v) is 6.20. The van der Waals surface area contributed by atoms with Crippen LogP contribution in [0.15, 0.2) is 0 Å². The Kier molecular flexibility index (Phi) is 2.82. The van der Waals surface area contributed by atoms with Gasteiger partial charge >= 0.3 is 5.97 Å². The molecule has 0 aromatic carbocycles. The molecule has 1 amide bonds. The zero-order chi connectivity index (χ0) is 14.1. The van der Waals surface area contributed by atoms with E-state index in [4.69, 9.17) is 11.6 Å². The maximum Gasteiger partial charge on any atom is 0.330 e. The van der Waals surface area contributed by atoms with E-state index in [1.165, 1.54) is 13.8 Å². The summed E-state index contributed by atoms with van der Waals surface area (Å²) in [7, 11) is -2.64. The number of carbonyl (C=O) groups excluding carboxylic acids is 2. The van der Waals surface area contributed by atoms with Crippen LogP contribution in [0.3, 0.4) is 0 Å². The molecule has 1 unspecified atom stereocenters. The van der Waals surface area contributed by atoms with Gasteiger partial charge in [-0.25, -0.2) is 13.2 Å². The topological polar surface area (TPSA) is 80.8 Å². The van der Waals surface area contributed by atoms with Crippen molar-refractivity contribution < 1.29 is 22.7 Å². The number of hydrogen-bond donors (Lipinski definition) is 0. The van der Waals surface area contributed by atoms with Crippen molar-refractivity contribution in [2.45, 2.75) is 33.8 Å². The summed E-state index contributed by atoms with van der Waals surface area (Å²) in [6.07, 6.45) is 0. The van der Waals surface area contributed by atoms with Gasteiger partial charge in [0.15, 0.2) is 15.2 Å². The van der Waals surface area contributed by atoms with Crippen molar-refractivity contribution in [3.8, 4) is 0 Å². The van der Waals surface area contributed by atoms with Gasteiger partial charge in [-0.2, -0.15) is 0 Å². The number of halogens is 2. The Morgan fingerprint density at radius 1 is 1.50 bits per heavy atom. The third kappa shape index (κ3) is 1.31. The van der Waals surface area contributed by atoms with Crippen LogP contribution in [0.4, 0.5) is 0 Å². The summed E-state index contributed by atoms with van der Waals surface area (Å²) < 4.78 is 26.2. The van der Waals surface area contributed by atoms with Gasteiger partial charge in [0.05, 0.1) is 7.11 Å². The Morgan fingerprint density at radius 3 is 2.44 bits per heavy atom. The highest BCUT2D eigenvalue weighted by Gasteiger charge is 2.77. The predicted molar refractivity (Wildman–Crippen MR) is 66.9 cm³/mol. The standard InChI is InChI=1S/C9H11BrClNO5S/c1-8(2)4(5(13)17-3)12-6(14)9(10,11)7(12)18(8,15)16/h4,7H,1-3H3/t4-,7+,9?/m0/s1. The lowest BCUT2D eigenvalue weighted by atomic mass is 9.98. The van der Waals surface area contributed by atoms with Crippen LogP contribution in [-0.2, 0) is 24.2 Å². The summed E-state index contributed by atoms with van der Waals surface area (Å²) in [6.45, 7) is 2.77. The average molecular weight is 361 g/mol. The number of nitrogens with zero attached hydrogens (tertiary/aromatic N) is 1. The minimum absolute atomic E-state index is 0.640. The molecule has 0 aromatic heterocycles. The number of sulfone groups is 1. The van der Waals surface area contributed by atoms with E-state index in [0.717, 1.165) is 12.0 Å². The summed E-state index contributed by atoms with van der Waals surface area (Å²) in [5, 5.41) is -1.25. The highest BCUT2D eigenvalue weighted by atomic mass is 79.9. The van der Waals surface area contributed by atoms with Crippen molar-refractivity contribution in [3.05, 3.63) is 0 Å². The quantitative estimate of drug-likeness (QED) is 0.380. The smallest absolute Gasteiger partial charge is 0.330 e. The van der Waals surface area contributed by atoms with Crippen LogP contribution in [-0.4, -0.2) is 52.3 Å². The Hall–Kier alpha value is -0.340. The van der Waals surface area contributed by atoms with Gasteiger partial charge in [-0.1, -0.05) is 27.5 Å². The molecule has 0 bridgehead atoms. The summed E-state index contributed by atoms with van der Waals surface area (Å²) in [5.74, 6) is -1.40. The van der Waals surface area contributed by atoms with Gasteiger partial charge in [-0.15, -0.1) is 0 Å². The molecule has 9 heteroatoms. The summed E-state index contributed by atoms with van der Waals surface area (Å²) in [6, 6.07) is -1.17. The molecule has 2 rings (SSSR count). The summed E-state index contributed by atoms with van der Waals surface area (Å²) >= 11 is 8.78. The lowest BCUT2D eigenvalue weighted by molar-refractivity contribution is -0.159. The molecule has 0 spiro atoms. The fraction of sp³-hybridized carbons (Fsp3) is 0.778. The molecule has 6 nitrogen and oxygen atoms in total. The lowest BCUT2D eigenvalue weighted by Gasteiger charge is -2.45. The number of rotatable bonds is 1. The second-order valence-corrected chi connectivity index (χ2v) is 9.65. The average Bonchev–Trinajstić information content (AvgIpc) is 2.41. The SMILES string of the molecule is COC(=O)[C@@H]1N2C(=O)C(Cl)(Br)[C@H]2S(=O)(=O)C1(C)C. The van der Waals surface area contributed by atoms with Crippen LogP contribution in [0, 0.1) is 0 Å². The van der Waals surface area contributed by atoms with Crippen LogP contribution in [0.25, 0.3) is 0 Å². The van der Waals surface area contributed by atoms with Crippen molar-refractivity contribution in [1.82, 2.24) is 4.90 Å². The Balaban J connectivity index is 2.61. The molecule has 3 atom stereocenters. The molecule has 2 aliphatic rings. The van der Waals surface area contributed by atoms with Gasteiger partial charge in [-0.3, -0.25) is 4.79 Å². The molecule has 0 saturated carbocycles. The zero-order valence-corrected chi connectivity index (χ0v) is 13.0. The molecule has 0 N–H and O–H groups in total. The number of methoxy groups -OCH3 is 1. The van der Waals surface area contributed by atoms with E-state index < -0.39 is 41.7 Å². The van der Waals surface area contributed by atoms with Crippen molar-refractivity contribution in [2.75, 3.05) is 7.11 Å². The van der Waals surface area contributed by atoms with E-state index in [-0.39, 0.29) is 0 Å². The maximum absolute atomic E-state index is 12.4. The van der Waals surface area contributed by atoms with Gasteiger partial charge < -0.3 is 9.64 Å². The number of esters is 1. The molecule has 2 fully saturated rings. The monoisotopic (exact) mass is 359 g/mol. The van der Waals surface area contributed by atoms with Gasteiger partial charge in [-0.05, 0) is 13.8 Å². The third-order valence-corrected chi connectivity index (χ3v) is 7.90. The van der Waals surface area contributed by atoms with Crippen LogP contribution >= 0.6 is 27.5 Å². The molecular formula is C9H11BrClNO5S. The molecule has 102 valence electrons. The van der Waals surface area contributed by atoms with Gasteiger partial charge in [0.25, 0.3) is 5.91 Å². The van der Waals surface area contributed by atoms with Crippen LogP contribution in [0.2, 0.25) is 0 Å². The Bertz CT molecular complexity index is 543. The Labute approximate surface area is 118 Å². The first-order valence-electron chi connectivity index (χ1n) is 5.03. The second kappa shape index (κ2) is 3.61. The molecule has 0 aromatic rings. The van der Waals surface area contributed by atoms with E-state index in [0.29, 0.717) is 0 Å². The van der Waals surface area contributed by atoms with E-state index in [2.05, 4.69) is 20.7 Å². The van der Waals surface area contributed by atoms with Crippen molar-refractivity contribution >= 4 is 49.2 Å². The normalized spacial score (nSPS) is 40.1. The largest absolute Gasteiger partial charge is 0.467 e. The van der Waals surface area contributed by atoms with Crippen molar-refractivity contribution in [3.63, 3.8) is 0 Å². The summed E-state index contributed by atoms with van der Waals surface area (Å²) in [5.41, 5.74) is 0. The molecule has 0 radical (unpaired) electrons. The fourth-order valence-electron chi connectivity index (χ4n) is 2.38. The van der Waals surface area contributed by atoms with Crippen LogP contribution in [0.1, 0.15) is 13.8 Å². The number of ether oxygens (including phenoxy) is 1. The molecule has 2 aliphatic heterocycles. The van der Waals surface area contributed by atoms with Crippen LogP contribution < -0.4 is 0 Å². The minimum atomic E-state index is -3.79. The maximum atomic E-state index is 12.4. The first-order valence-corrected chi connectivity index (χ1v) is 7.75. The highest BCUT2D eigenvalue weighted by molar-refractivity contribution is 9.11. The summed E-state index contributed by atoms with van der Waals surface area (Å²) in [4.78, 5) is 24.5. The van der Waals surface area contributed by atoms with E-state index >= 15 is 0 Å². The second-order valence-electron chi connectivity index (χ2n) is 4.76. The third-order valence-electron chi connectivity index (χ3n) is 3.47. The molecule has 2 saturated heterocycles. The van der Waals surface area contributed by atoms with E-state index in [1.54, 1.807) is 0 Å². The zero-order valence-electron chi connectivity index (χ0n) is 9.81. The van der Waals surface area contributed by atoms with Crippen molar-refractivity contribution in [1.29, 1.82) is 0 Å². The first kappa shape index (κ1) is 14.1.